The van der Waals surface area contributed by atoms with Gasteiger partial charge in [0.2, 0.25) is 0 Å². The summed E-state index contributed by atoms with van der Waals surface area (Å²) in [4.78, 5) is 6.79. The molecule has 0 aromatic carbocycles. The summed E-state index contributed by atoms with van der Waals surface area (Å²) in [6, 6.07) is 4.69. The zero-order valence-corrected chi connectivity index (χ0v) is 10.9. The molecule has 1 aromatic rings. The van der Waals surface area contributed by atoms with Gasteiger partial charge in [-0.1, -0.05) is 12.5 Å². The maximum Gasteiger partial charge on any atom is 0.0369 e. The van der Waals surface area contributed by atoms with E-state index in [0.717, 1.165) is 6.54 Å². The summed E-state index contributed by atoms with van der Waals surface area (Å²) in [5, 5.41) is 0. The number of hydrogen-bond donors (Lipinski definition) is 1. The van der Waals surface area contributed by atoms with Gasteiger partial charge in [0.05, 0.1) is 0 Å². The van der Waals surface area contributed by atoms with Gasteiger partial charge in [-0.3, -0.25) is 9.88 Å². The summed E-state index contributed by atoms with van der Waals surface area (Å²) in [6.45, 7) is 6.32. The lowest BCUT2D eigenvalue weighted by Crippen LogP contribution is -2.52. The first-order valence-electron chi connectivity index (χ1n) is 6.52. The monoisotopic (exact) mass is 233 g/mol. The van der Waals surface area contributed by atoms with Crippen LogP contribution in [0, 0.1) is 0 Å². The molecule has 3 heteroatoms. The fraction of sp³-hybridized carbons (Fsp3) is 0.643. The molecule has 1 aliphatic heterocycles. The normalized spacial score (nSPS) is 22.6. The molecule has 0 bridgehead atoms. The lowest BCUT2D eigenvalue weighted by molar-refractivity contribution is 0.0443. The standard InChI is InChI=1S/C14H23N3/c1-14(2,11-15)17-9-4-3-7-13(17)12-6-5-8-16-10-12/h5-6,8,10,13H,3-4,7,9,11,15H2,1-2H3/t13-/m1/s1. The first-order valence-corrected chi connectivity index (χ1v) is 6.52. The average Bonchev–Trinajstić information content (AvgIpc) is 2.40. The Morgan fingerprint density at radius 2 is 2.29 bits per heavy atom. The summed E-state index contributed by atoms with van der Waals surface area (Å²) in [5.41, 5.74) is 7.32. The van der Waals surface area contributed by atoms with Crippen molar-refractivity contribution in [3.8, 4) is 0 Å². The Hall–Kier alpha value is -0.930. The van der Waals surface area contributed by atoms with Crippen molar-refractivity contribution in [1.29, 1.82) is 0 Å². The van der Waals surface area contributed by atoms with Gasteiger partial charge >= 0.3 is 0 Å². The molecule has 0 unspecified atom stereocenters. The summed E-state index contributed by atoms with van der Waals surface area (Å²) < 4.78 is 0. The number of nitrogens with two attached hydrogens (primary N) is 1. The van der Waals surface area contributed by atoms with E-state index in [1.807, 2.05) is 18.5 Å². The number of hydrogen-bond acceptors (Lipinski definition) is 3. The first kappa shape index (κ1) is 12.5. The van der Waals surface area contributed by atoms with E-state index in [2.05, 4.69) is 29.8 Å². The van der Waals surface area contributed by atoms with Crippen LogP contribution in [-0.2, 0) is 0 Å². The van der Waals surface area contributed by atoms with Crippen LogP contribution in [0.5, 0.6) is 0 Å². The Morgan fingerprint density at radius 3 is 2.94 bits per heavy atom. The molecule has 94 valence electrons. The minimum absolute atomic E-state index is 0.0704. The number of pyridine rings is 1. The van der Waals surface area contributed by atoms with E-state index < -0.39 is 0 Å². The largest absolute Gasteiger partial charge is 0.329 e. The van der Waals surface area contributed by atoms with Gasteiger partial charge in [-0.15, -0.1) is 0 Å². The van der Waals surface area contributed by atoms with E-state index in [-0.39, 0.29) is 5.54 Å². The fourth-order valence-electron chi connectivity index (χ4n) is 2.69. The van der Waals surface area contributed by atoms with Crippen LogP contribution in [0.3, 0.4) is 0 Å². The van der Waals surface area contributed by atoms with Gasteiger partial charge in [0, 0.05) is 30.5 Å². The molecule has 0 radical (unpaired) electrons. The second-order valence-corrected chi connectivity index (χ2v) is 5.51. The van der Waals surface area contributed by atoms with Crippen LogP contribution in [0.1, 0.15) is 44.7 Å². The van der Waals surface area contributed by atoms with Crippen LogP contribution in [-0.4, -0.2) is 28.5 Å². The molecule has 2 heterocycles. The van der Waals surface area contributed by atoms with Crippen LogP contribution in [0.15, 0.2) is 24.5 Å². The second-order valence-electron chi connectivity index (χ2n) is 5.51. The van der Waals surface area contributed by atoms with E-state index in [4.69, 9.17) is 5.73 Å². The summed E-state index contributed by atoms with van der Waals surface area (Å²) in [6.07, 6.45) is 7.63. The van der Waals surface area contributed by atoms with Crippen molar-refractivity contribution in [2.24, 2.45) is 5.73 Å². The lowest BCUT2D eigenvalue weighted by atomic mass is 9.90. The van der Waals surface area contributed by atoms with Crippen molar-refractivity contribution in [2.75, 3.05) is 13.1 Å². The van der Waals surface area contributed by atoms with Crippen LogP contribution in [0.25, 0.3) is 0 Å². The predicted octanol–water partition coefficient (Wildman–Crippen LogP) is 2.35. The van der Waals surface area contributed by atoms with Gasteiger partial charge in [0.1, 0.15) is 0 Å². The molecule has 1 saturated heterocycles. The molecule has 0 aliphatic carbocycles. The van der Waals surface area contributed by atoms with E-state index in [1.165, 1.54) is 24.8 Å². The number of piperidine rings is 1. The van der Waals surface area contributed by atoms with E-state index in [9.17, 15) is 0 Å². The van der Waals surface area contributed by atoms with Crippen LogP contribution < -0.4 is 5.73 Å². The highest BCUT2D eigenvalue weighted by atomic mass is 15.2. The molecule has 0 amide bonds. The smallest absolute Gasteiger partial charge is 0.0369 e. The molecule has 17 heavy (non-hydrogen) atoms. The highest BCUT2D eigenvalue weighted by molar-refractivity contribution is 5.16. The summed E-state index contributed by atoms with van der Waals surface area (Å²) in [7, 11) is 0. The molecule has 2 N–H and O–H groups in total. The molecule has 2 rings (SSSR count). The van der Waals surface area contributed by atoms with Crippen molar-refractivity contribution in [1.82, 2.24) is 9.88 Å². The Labute approximate surface area is 104 Å². The summed E-state index contributed by atoms with van der Waals surface area (Å²) in [5.74, 6) is 0. The third kappa shape index (κ3) is 2.67. The molecule has 1 fully saturated rings. The molecular weight excluding hydrogens is 210 g/mol. The topological polar surface area (TPSA) is 42.1 Å². The van der Waals surface area contributed by atoms with Crippen molar-refractivity contribution < 1.29 is 0 Å². The lowest BCUT2D eigenvalue weighted by Gasteiger charge is -2.46. The number of likely N-dealkylation sites (tertiary alicyclic amines) is 1. The van der Waals surface area contributed by atoms with Crippen LogP contribution in [0.2, 0.25) is 0 Å². The van der Waals surface area contributed by atoms with Gasteiger partial charge in [-0.05, 0) is 44.9 Å². The Bertz CT molecular complexity index is 348. The molecule has 0 spiro atoms. The minimum atomic E-state index is 0.0704. The third-order valence-electron chi connectivity index (χ3n) is 3.85. The number of aromatic nitrogens is 1. The van der Waals surface area contributed by atoms with Gasteiger partial charge in [-0.2, -0.15) is 0 Å². The highest BCUT2D eigenvalue weighted by Gasteiger charge is 2.34. The quantitative estimate of drug-likeness (QED) is 0.871. The SMILES string of the molecule is CC(C)(CN)N1CCCC[C@@H]1c1cccnc1. The van der Waals surface area contributed by atoms with Crippen molar-refractivity contribution in [2.45, 2.75) is 44.7 Å². The van der Waals surface area contributed by atoms with Crippen molar-refractivity contribution in [3.63, 3.8) is 0 Å². The van der Waals surface area contributed by atoms with Gasteiger partial charge < -0.3 is 5.73 Å². The van der Waals surface area contributed by atoms with E-state index in [1.54, 1.807) is 0 Å². The summed E-state index contributed by atoms with van der Waals surface area (Å²) >= 11 is 0. The van der Waals surface area contributed by atoms with E-state index in [0.29, 0.717) is 12.6 Å². The van der Waals surface area contributed by atoms with Crippen molar-refractivity contribution >= 4 is 0 Å². The van der Waals surface area contributed by atoms with Gasteiger partial charge in [-0.25, -0.2) is 0 Å². The number of rotatable bonds is 3. The Kier molecular flexibility index (Phi) is 3.79. The molecule has 0 saturated carbocycles. The zero-order chi connectivity index (χ0) is 12.3. The second kappa shape index (κ2) is 5.15. The van der Waals surface area contributed by atoms with Crippen molar-refractivity contribution in [3.05, 3.63) is 30.1 Å². The first-order chi connectivity index (χ1) is 8.15. The third-order valence-corrected chi connectivity index (χ3v) is 3.85. The molecular formula is C14H23N3. The average molecular weight is 233 g/mol. The van der Waals surface area contributed by atoms with Crippen LogP contribution in [0.4, 0.5) is 0 Å². The molecule has 1 aliphatic rings. The maximum atomic E-state index is 5.92. The van der Waals surface area contributed by atoms with Gasteiger partial charge in [0.25, 0.3) is 0 Å². The van der Waals surface area contributed by atoms with Crippen LogP contribution >= 0.6 is 0 Å². The predicted molar refractivity (Wildman–Crippen MR) is 70.7 cm³/mol. The fourth-order valence-corrected chi connectivity index (χ4v) is 2.69. The molecule has 3 nitrogen and oxygen atoms in total. The minimum Gasteiger partial charge on any atom is -0.329 e. The number of nitrogens with zero attached hydrogens (tertiary/aromatic N) is 2. The van der Waals surface area contributed by atoms with Gasteiger partial charge in [0.15, 0.2) is 0 Å². The van der Waals surface area contributed by atoms with E-state index >= 15 is 0 Å². The maximum absolute atomic E-state index is 5.92. The molecule has 1 atom stereocenters. The zero-order valence-electron chi connectivity index (χ0n) is 10.9. The molecule has 1 aromatic heterocycles. The Morgan fingerprint density at radius 1 is 1.47 bits per heavy atom. The Balaban J connectivity index is 2.24. The highest BCUT2D eigenvalue weighted by Crippen LogP contribution is 2.35.